The van der Waals surface area contributed by atoms with Gasteiger partial charge in [0.05, 0.1) is 0 Å². The lowest BCUT2D eigenvalue weighted by atomic mass is 9.91. The Morgan fingerprint density at radius 1 is 1.44 bits per heavy atom. The van der Waals surface area contributed by atoms with Crippen molar-refractivity contribution in [3.63, 3.8) is 0 Å². The summed E-state index contributed by atoms with van der Waals surface area (Å²) in [6.07, 6.45) is 26.4. The molecule has 0 heteroatoms. The molecule has 0 spiro atoms. The van der Waals surface area contributed by atoms with Gasteiger partial charge in [0.1, 0.15) is 0 Å². The van der Waals surface area contributed by atoms with E-state index in [9.17, 15) is 0 Å². The van der Waals surface area contributed by atoms with E-state index in [4.69, 9.17) is 6.42 Å². The Kier molecular flexibility index (Phi) is 7.73. The molecule has 96 valence electrons. The Labute approximate surface area is 112 Å². The zero-order valence-electron chi connectivity index (χ0n) is 11.3. The molecule has 0 aromatic heterocycles. The van der Waals surface area contributed by atoms with E-state index in [-0.39, 0.29) is 0 Å². The van der Waals surface area contributed by atoms with Crippen molar-refractivity contribution in [1.82, 2.24) is 0 Å². The molecule has 0 saturated heterocycles. The molecule has 1 atom stereocenters. The van der Waals surface area contributed by atoms with Crippen LogP contribution in [0, 0.1) is 18.3 Å². The molecule has 18 heavy (non-hydrogen) atoms. The van der Waals surface area contributed by atoms with Gasteiger partial charge in [-0.1, -0.05) is 43.0 Å². The third-order valence-electron chi connectivity index (χ3n) is 3.30. The molecule has 0 N–H and O–H groups in total. The highest BCUT2D eigenvalue weighted by molar-refractivity contribution is 5.23. The molecule has 0 radical (unpaired) electrons. The smallest absolute Gasteiger partial charge is 0.00892 e. The summed E-state index contributed by atoms with van der Waals surface area (Å²) in [5, 5.41) is 0. The van der Waals surface area contributed by atoms with E-state index in [2.05, 4.69) is 42.9 Å². The zero-order chi connectivity index (χ0) is 13.1. The lowest BCUT2D eigenvalue weighted by molar-refractivity contribution is 0.486. The minimum absolute atomic E-state index is 0.835. The van der Waals surface area contributed by atoms with Crippen molar-refractivity contribution in [3.8, 4) is 12.3 Å². The van der Waals surface area contributed by atoms with Crippen molar-refractivity contribution in [2.45, 2.75) is 44.9 Å². The van der Waals surface area contributed by atoms with Crippen LogP contribution in [0.5, 0.6) is 0 Å². The number of hydrogen-bond donors (Lipinski definition) is 0. The number of terminal acetylenes is 1. The summed E-state index contributed by atoms with van der Waals surface area (Å²) < 4.78 is 0. The van der Waals surface area contributed by atoms with Gasteiger partial charge < -0.3 is 0 Å². The maximum atomic E-state index is 5.27. The van der Waals surface area contributed by atoms with Gasteiger partial charge in [-0.25, -0.2) is 0 Å². The molecular formula is C18H24. The zero-order valence-corrected chi connectivity index (χ0v) is 11.3. The van der Waals surface area contributed by atoms with Crippen LogP contribution in [0.15, 0.2) is 48.6 Å². The molecule has 0 aliphatic heterocycles. The van der Waals surface area contributed by atoms with E-state index in [1.165, 1.54) is 31.3 Å². The van der Waals surface area contributed by atoms with Crippen molar-refractivity contribution in [2.24, 2.45) is 5.92 Å². The molecule has 1 unspecified atom stereocenters. The summed E-state index contributed by atoms with van der Waals surface area (Å²) in [6, 6.07) is 0. The van der Waals surface area contributed by atoms with Gasteiger partial charge in [-0.3, -0.25) is 0 Å². The Bertz CT molecular complexity index is 360. The van der Waals surface area contributed by atoms with Gasteiger partial charge >= 0.3 is 0 Å². The fraction of sp³-hybridized carbons (Fsp3) is 0.444. The van der Waals surface area contributed by atoms with Crippen LogP contribution in [0.4, 0.5) is 0 Å². The largest absolute Gasteiger partial charge is 0.120 e. The molecule has 1 aliphatic rings. The van der Waals surface area contributed by atoms with Crippen LogP contribution in [0.25, 0.3) is 0 Å². The molecule has 0 amide bonds. The van der Waals surface area contributed by atoms with Crippen LogP contribution in [-0.4, -0.2) is 0 Å². The topological polar surface area (TPSA) is 0 Å². The molecule has 1 rings (SSSR count). The maximum absolute atomic E-state index is 5.27. The molecular weight excluding hydrogens is 216 g/mol. The predicted molar refractivity (Wildman–Crippen MR) is 81.2 cm³/mol. The minimum atomic E-state index is 0.835. The average Bonchev–Trinajstić information content (AvgIpc) is 2.40. The summed E-state index contributed by atoms with van der Waals surface area (Å²) >= 11 is 0. The third kappa shape index (κ3) is 6.30. The fourth-order valence-corrected chi connectivity index (χ4v) is 2.25. The monoisotopic (exact) mass is 240 g/mol. The van der Waals surface area contributed by atoms with Gasteiger partial charge in [-0.2, -0.15) is 0 Å². The molecule has 0 nitrogen and oxygen atoms in total. The maximum Gasteiger partial charge on any atom is 0.00892 e. The van der Waals surface area contributed by atoms with Crippen molar-refractivity contribution in [2.75, 3.05) is 0 Å². The van der Waals surface area contributed by atoms with Crippen LogP contribution >= 0.6 is 0 Å². The van der Waals surface area contributed by atoms with Gasteiger partial charge in [0, 0.05) is 6.42 Å². The summed E-state index contributed by atoms with van der Waals surface area (Å²) in [5.74, 6) is 3.52. The van der Waals surface area contributed by atoms with E-state index in [1.807, 2.05) is 6.08 Å². The second-order valence-corrected chi connectivity index (χ2v) is 4.82. The van der Waals surface area contributed by atoms with Crippen LogP contribution < -0.4 is 0 Å². The Morgan fingerprint density at radius 3 is 3.00 bits per heavy atom. The van der Waals surface area contributed by atoms with E-state index in [1.54, 1.807) is 0 Å². The standard InChI is InChI=1S/C18H24/c1-3-5-7-12-17(11-4-2)15-10-16-18-13-8-6-9-14-18/h1,4,6,8,10-11,15,18H,2,5,7,9,12-14,16H2/b15-10-,17-11-. The van der Waals surface area contributed by atoms with Crippen molar-refractivity contribution in [3.05, 3.63) is 48.6 Å². The number of hydrogen-bond acceptors (Lipinski definition) is 0. The fourth-order valence-electron chi connectivity index (χ4n) is 2.25. The quantitative estimate of drug-likeness (QED) is 0.248. The lowest BCUT2D eigenvalue weighted by Gasteiger charge is -2.15. The Hall–Kier alpha value is -1.48. The number of allylic oxidation sites excluding steroid dienone is 7. The highest BCUT2D eigenvalue weighted by atomic mass is 14.1. The normalized spacial score (nSPS) is 19.9. The van der Waals surface area contributed by atoms with Crippen LogP contribution in [0.2, 0.25) is 0 Å². The molecule has 1 aliphatic carbocycles. The first kappa shape index (κ1) is 14.6. The Balaban J connectivity index is 2.35. The van der Waals surface area contributed by atoms with Gasteiger partial charge in [-0.15, -0.1) is 12.3 Å². The van der Waals surface area contributed by atoms with Crippen molar-refractivity contribution in [1.29, 1.82) is 0 Å². The molecule has 0 bridgehead atoms. The summed E-state index contributed by atoms with van der Waals surface area (Å²) in [5.41, 5.74) is 1.34. The van der Waals surface area contributed by atoms with Gasteiger partial charge in [0.25, 0.3) is 0 Å². The van der Waals surface area contributed by atoms with Crippen LogP contribution in [0.3, 0.4) is 0 Å². The Morgan fingerprint density at radius 2 is 2.33 bits per heavy atom. The highest BCUT2D eigenvalue weighted by Gasteiger charge is 2.07. The summed E-state index contributed by atoms with van der Waals surface area (Å²) in [4.78, 5) is 0. The first-order valence-corrected chi connectivity index (χ1v) is 6.93. The summed E-state index contributed by atoms with van der Waals surface area (Å²) in [6.45, 7) is 3.77. The third-order valence-corrected chi connectivity index (χ3v) is 3.30. The van der Waals surface area contributed by atoms with E-state index in [0.29, 0.717) is 0 Å². The summed E-state index contributed by atoms with van der Waals surface area (Å²) in [7, 11) is 0. The predicted octanol–water partition coefficient (Wildman–Crippen LogP) is 5.20. The molecule has 0 fully saturated rings. The van der Waals surface area contributed by atoms with Crippen LogP contribution in [0.1, 0.15) is 44.9 Å². The van der Waals surface area contributed by atoms with E-state index < -0.39 is 0 Å². The first-order valence-electron chi connectivity index (χ1n) is 6.93. The SMILES string of the molecule is C#CCCCC(/C=C\CC1CC=CCC1)=C/C=C. The van der Waals surface area contributed by atoms with Gasteiger partial charge in [0.2, 0.25) is 0 Å². The average molecular weight is 240 g/mol. The highest BCUT2D eigenvalue weighted by Crippen LogP contribution is 2.22. The second-order valence-electron chi connectivity index (χ2n) is 4.82. The van der Waals surface area contributed by atoms with E-state index in [0.717, 1.165) is 25.2 Å². The number of unbranched alkanes of at least 4 members (excludes halogenated alkanes) is 1. The molecule has 0 aromatic rings. The molecule has 0 heterocycles. The van der Waals surface area contributed by atoms with Crippen molar-refractivity contribution < 1.29 is 0 Å². The van der Waals surface area contributed by atoms with Gasteiger partial charge in [0.15, 0.2) is 0 Å². The molecule has 0 saturated carbocycles. The van der Waals surface area contributed by atoms with Gasteiger partial charge in [-0.05, 0) is 50.0 Å². The minimum Gasteiger partial charge on any atom is -0.120 e. The lowest BCUT2D eigenvalue weighted by Crippen LogP contribution is -2.00. The first-order chi connectivity index (χ1) is 8.86. The van der Waals surface area contributed by atoms with E-state index >= 15 is 0 Å². The van der Waals surface area contributed by atoms with Crippen LogP contribution in [-0.2, 0) is 0 Å². The number of rotatable bonds is 7. The molecule has 0 aromatic carbocycles. The second kappa shape index (κ2) is 9.54. The van der Waals surface area contributed by atoms with Crippen molar-refractivity contribution >= 4 is 0 Å².